The molecule has 0 radical (unpaired) electrons. The predicted octanol–water partition coefficient (Wildman–Crippen LogP) is 4.14. The molecule has 2 aromatic carbocycles. The first-order valence-electron chi connectivity index (χ1n) is 8.32. The molecule has 0 saturated heterocycles. The number of halogens is 1. The summed E-state index contributed by atoms with van der Waals surface area (Å²) < 4.78 is 10.7. The fraction of sp³-hybridized carbons (Fsp3) is 0.100. The third-order valence-corrected chi connectivity index (χ3v) is 4.43. The van der Waals surface area contributed by atoms with Crippen LogP contribution in [0.4, 0.5) is 11.4 Å². The van der Waals surface area contributed by atoms with E-state index in [-0.39, 0.29) is 12.7 Å². The molecule has 27 heavy (non-hydrogen) atoms. The van der Waals surface area contributed by atoms with E-state index < -0.39 is 0 Å². The standard InChI is InChI=1S/C20H16ClN3O3/c21-17-4-2-1-3-13(17)10-23-20(25)14-7-16(11-22-9-14)24-15-5-6-18-19(8-15)27-12-26-18/h1-9,11,24H,10,12H2,(H,23,25). The van der Waals surface area contributed by atoms with Crippen LogP contribution < -0.4 is 20.1 Å². The first-order valence-corrected chi connectivity index (χ1v) is 8.70. The van der Waals surface area contributed by atoms with Crippen molar-refractivity contribution in [2.45, 2.75) is 6.54 Å². The number of nitrogens with zero attached hydrogens (tertiary/aromatic N) is 1. The Morgan fingerprint density at radius 1 is 1.04 bits per heavy atom. The van der Waals surface area contributed by atoms with Crippen LogP contribution in [0.5, 0.6) is 11.5 Å². The lowest BCUT2D eigenvalue weighted by Crippen LogP contribution is -2.23. The summed E-state index contributed by atoms with van der Waals surface area (Å²) in [6, 6.07) is 14.7. The van der Waals surface area contributed by atoms with Gasteiger partial charge in [-0.1, -0.05) is 29.8 Å². The summed E-state index contributed by atoms with van der Waals surface area (Å²) in [4.78, 5) is 16.6. The number of carbonyl (C=O) groups excluding carboxylic acids is 1. The number of carbonyl (C=O) groups is 1. The second-order valence-electron chi connectivity index (χ2n) is 5.93. The number of hydrogen-bond acceptors (Lipinski definition) is 5. The maximum absolute atomic E-state index is 12.4. The lowest BCUT2D eigenvalue weighted by Gasteiger charge is -2.10. The van der Waals surface area contributed by atoms with E-state index in [1.165, 1.54) is 6.20 Å². The van der Waals surface area contributed by atoms with Gasteiger partial charge in [0.05, 0.1) is 17.4 Å². The van der Waals surface area contributed by atoms with Crippen LogP contribution in [0.15, 0.2) is 60.9 Å². The topological polar surface area (TPSA) is 72.5 Å². The van der Waals surface area contributed by atoms with E-state index in [1.807, 2.05) is 36.4 Å². The number of anilines is 2. The van der Waals surface area contributed by atoms with E-state index >= 15 is 0 Å². The summed E-state index contributed by atoms with van der Waals surface area (Å²) in [5.74, 6) is 1.17. The van der Waals surface area contributed by atoms with Crippen molar-refractivity contribution >= 4 is 28.9 Å². The van der Waals surface area contributed by atoms with Crippen LogP contribution in [0.25, 0.3) is 0 Å². The Hall–Kier alpha value is -3.25. The number of amides is 1. The van der Waals surface area contributed by atoms with Crippen molar-refractivity contribution < 1.29 is 14.3 Å². The fourth-order valence-corrected chi connectivity index (χ4v) is 2.90. The van der Waals surface area contributed by atoms with Crippen molar-refractivity contribution in [3.05, 3.63) is 77.1 Å². The molecular weight excluding hydrogens is 366 g/mol. The van der Waals surface area contributed by atoms with Crippen LogP contribution in [0.3, 0.4) is 0 Å². The molecule has 2 heterocycles. The number of benzene rings is 2. The van der Waals surface area contributed by atoms with E-state index in [4.69, 9.17) is 21.1 Å². The monoisotopic (exact) mass is 381 g/mol. The second-order valence-corrected chi connectivity index (χ2v) is 6.34. The van der Waals surface area contributed by atoms with Crippen molar-refractivity contribution in [2.24, 2.45) is 0 Å². The number of nitrogens with one attached hydrogen (secondary N) is 2. The molecule has 0 aliphatic carbocycles. The smallest absolute Gasteiger partial charge is 0.253 e. The Bertz CT molecular complexity index is 994. The van der Waals surface area contributed by atoms with Crippen LogP contribution in [0, 0.1) is 0 Å². The quantitative estimate of drug-likeness (QED) is 0.695. The summed E-state index contributed by atoms with van der Waals surface area (Å²) in [5.41, 5.74) is 2.82. The zero-order valence-electron chi connectivity index (χ0n) is 14.2. The van der Waals surface area contributed by atoms with Crippen molar-refractivity contribution in [2.75, 3.05) is 12.1 Å². The predicted molar refractivity (Wildman–Crippen MR) is 103 cm³/mol. The maximum atomic E-state index is 12.4. The molecule has 1 aliphatic rings. The molecule has 6 nitrogen and oxygen atoms in total. The van der Waals surface area contributed by atoms with Crippen molar-refractivity contribution in [3.63, 3.8) is 0 Å². The largest absolute Gasteiger partial charge is 0.454 e. The minimum Gasteiger partial charge on any atom is -0.454 e. The Kier molecular flexibility index (Phi) is 4.80. The molecule has 2 N–H and O–H groups in total. The van der Waals surface area contributed by atoms with Gasteiger partial charge in [-0.3, -0.25) is 9.78 Å². The lowest BCUT2D eigenvalue weighted by atomic mass is 10.2. The number of ether oxygens (including phenoxy) is 2. The molecule has 0 bridgehead atoms. The number of pyridine rings is 1. The van der Waals surface area contributed by atoms with Crippen molar-refractivity contribution in [1.29, 1.82) is 0 Å². The highest BCUT2D eigenvalue weighted by Gasteiger charge is 2.14. The molecule has 136 valence electrons. The summed E-state index contributed by atoms with van der Waals surface area (Å²) in [5, 5.41) is 6.69. The molecule has 4 rings (SSSR count). The molecule has 0 fully saturated rings. The van der Waals surface area contributed by atoms with Gasteiger partial charge >= 0.3 is 0 Å². The van der Waals surface area contributed by atoms with Crippen LogP contribution in [0.2, 0.25) is 5.02 Å². The van der Waals surface area contributed by atoms with Gasteiger partial charge in [0.25, 0.3) is 5.91 Å². The summed E-state index contributed by atoms with van der Waals surface area (Å²) in [7, 11) is 0. The SMILES string of the molecule is O=C(NCc1ccccc1Cl)c1cncc(Nc2ccc3c(c2)OCO3)c1. The van der Waals surface area contributed by atoms with E-state index in [9.17, 15) is 4.79 Å². The number of aromatic nitrogens is 1. The van der Waals surface area contributed by atoms with Gasteiger partial charge in [0.2, 0.25) is 6.79 Å². The average Bonchev–Trinajstić information content (AvgIpc) is 3.15. The highest BCUT2D eigenvalue weighted by molar-refractivity contribution is 6.31. The first kappa shape index (κ1) is 17.2. The fourth-order valence-electron chi connectivity index (χ4n) is 2.69. The summed E-state index contributed by atoms with van der Waals surface area (Å²) in [6.45, 7) is 0.569. The number of fused-ring (bicyclic) bond motifs is 1. The molecule has 1 aromatic heterocycles. The van der Waals surface area contributed by atoms with Crippen molar-refractivity contribution in [3.8, 4) is 11.5 Å². The molecule has 0 atom stereocenters. The van der Waals surface area contributed by atoms with Gasteiger partial charge in [0.15, 0.2) is 11.5 Å². The normalized spacial score (nSPS) is 11.9. The third-order valence-electron chi connectivity index (χ3n) is 4.06. The van der Waals surface area contributed by atoms with Gasteiger partial charge < -0.3 is 20.1 Å². The molecule has 3 aromatic rings. The van der Waals surface area contributed by atoms with Gasteiger partial charge in [0, 0.05) is 29.5 Å². The van der Waals surface area contributed by atoms with E-state index in [2.05, 4.69) is 15.6 Å². The van der Waals surface area contributed by atoms with Crippen LogP contribution in [-0.4, -0.2) is 17.7 Å². The minimum absolute atomic E-state index is 0.224. The van der Waals surface area contributed by atoms with Gasteiger partial charge in [-0.2, -0.15) is 0 Å². The zero-order chi connectivity index (χ0) is 18.6. The third kappa shape index (κ3) is 3.96. The van der Waals surface area contributed by atoms with Gasteiger partial charge in [-0.15, -0.1) is 0 Å². The zero-order valence-corrected chi connectivity index (χ0v) is 15.0. The molecule has 7 heteroatoms. The average molecular weight is 382 g/mol. The van der Waals surface area contributed by atoms with Crippen LogP contribution >= 0.6 is 11.6 Å². The molecule has 0 spiro atoms. The Balaban J connectivity index is 1.44. The maximum Gasteiger partial charge on any atom is 0.253 e. The Morgan fingerprint density at radius 3 is 2.78 bits per heavy atom. The molecular formula is C20H16ClN3O3. The van der Waals surface area contributed by atoms with E-state index in [0.29, 0.717) is 34.3 Å². The summed E-state index contributed by atoms with van der Waals surface area (Å²) >= 11 is 6.12. The van der Waals surface area contributed by atoms with E-state index in [0.717, 1.165) is 11.3 Å². The molecule has 0 unspecified atom stereocenters. The second kappa shape index (κ2) is 7.55. The van der Waals surface area contributed by atoms with Crippen molar-refractivity contribution in [1.82, 2.24) is 10.3 Å². The van der Waals surface area contributed by atoms with Crippen LogP contribution in [0.1, 0.15) is 15.9 Å². The molecule has 0 saturated carbocycles. The Morgan fingerprint density at radius 2 is 1.89 bits per heavy atom. The molecule has 1 aliphatic heterocycles. The highest BCUT2D eigenvalue weighted by Crippen LogP contribution is 2.35. The Labute approximate surface area is 161 Å². The van der Waals surface area contributed by atoms with Gasteiger partial charge in [0.1, 0.15) is 0 Å². The van der Waals surface area contributed by atoms with E-state index in [1.54, 1.807) is 18.3 Å². The minimum atomic E-state index is -0.225. The van der Waals surface area contributed by atoms with Gasteiger partial charge in [-0.05, 0) is 29.8 Å². The first-order chi connectivity index (χ1) is 13.2. The molecule has 1 amide bonds. The highest BCUT2D eigenvalue weighted by atomic mass is 35.5. The summed E-state index contributed by atoms with van der Waals surface area (Å²) in [6.07, 6.45) is 3.17. The number of rotatable bonds is 5. The van der Waals surface area contributed by atoms with Crippen LogP contribution in [-0.2, 0) is 6.54 Å². The van der Waals surface area contributed by atoms with Gasteiger partial charge in [-0.25, -0.2) is 0 Å². The lowest BCUT2D eigenvalue weighted by molar-refractivity contribution is 0.0950. The number of hydrogen-bond donors (Lipinski definition) is 2.